The number of benzene rings is 1. The molecule has 0 amide bonds. The van der Waals surface area contributed by atoms with Gasteiger partial charge in [0, 0.05) is 17.2 Å². The van der Waals surface area contributed by atoms with Crippen molar-refractivity contribution in [1.29, 1.82) is 0 Å². The first-order valence-corrected chi connectivity index (χ1v) is 4.61. The molecule has 0 atom stereocenters. The van der Waals surface area contributed by atoms with Crippen LogP contribution in [0.2, 0.25) is 0 Å². The van der Waals surface area contributed by atoms with Crippen molar-refractivity contribution >= 4 is 11.8 Å². The molecular weight excluding hydrogens is 186 g/mol. The highest BCUT2D eigenvalue weighted by Gasteiger charge is 2.00. The third kappa shape index (κ3) is 3.29. The lowest BCUT2D eigenvalue weighted by Gasteiger charge is -1.93. The highest BCUT2D eigenvalue weighted by molar-refractivity contribution is 8.02. The van der Waals surface area contributed by atoms with Crippen molar-refractivity contribution in [3.8, 4) is 0 Å². The van der Waals surface area contributed by atoms with E-state index in [2.05, 4.69) is 0 Å². The third-order valence-corrected chi connectivity index (χ3v) is 2.40. The van der Waals surface area contributed by atoms with Crippen LogP contribution in [-0.2, 0) is 0 Å². The molecule has 0 spiro atoms. The fourth-order valence-electron chi connectivity index (χ4n) is 0.695. The summed E-state index contributed by atoms with van der Waals surface area (Å²) in [5.74, 6) is 0. The van der Waals surface area contributed by atoms with E-state index in [4.69, 9.17) is 0 Å². The molecule has 0 aromatic heterocycles. The standard InChI is InChI=1S/C9H9NO2S/c1-8(10(11)12)7-13-9-5-3-2-4-6-9/h2-7H,1H3/b8-7+. The van der Waals surface area contributed by atoms with Crippen LogP contribution < -0.4 is 0 Å². The van der Waals surface area contributed by atoms with Gasteiger partial charge in [0.1, 0.15) is 0 Å². The summed E-state index contributed by atoms with van der Waals surface area (Å²) >= 11 is 1.35. The Morgan fingerprint density at radius 2 is 2.08 bits per heavy atom. The first-order valence-electron chi connectivity index (χ1n) is 3.73. The van der Waals surface area contributed by atoms with Gasteiger partial charge >= 0.3 is 0 Å². The van der Waals surface area contributed by atoms with Crippen LogP contribution in [0.15, 0.2) is 46.3 Å². The van der Waals surface area contributed by atoms with E-state index in [0.29, 0.717) is 0 Å². The minimum atomic E-state index is -0.393. The first-order chi connectivity index (χ1) is 6.20. The van der Waals surface area contributed by atoms with Gasteiger partial charge in [0.15, 0.2) is 0 Å². The smallest absolute Gasteiger partial charge is 0.249 e. The molecule has 0 saturated heterocycles. The molecule has 0 radical (unpaired) electrons. The van der Waals surface area contributed by atoms with E-state index in [1.165, 1.54) is 24.1 Å². The van der Waals surface area contributed by atoms with E-state index < -0.39 is 4.92 Å². The zero-order valence-corrected chi connectivity index (χ0v) is 7.95. The van der Waals surface area contributed by atoms with Crippen molar-refractivity contribution in [1.82, 2.24) is 0 Å². The van der Waals surface area contributed by atoms with Gasteiger partial charge < -0.3 is 0 Å². The number of hydrogen-bond acceptors (Lipinski definition) is 3. The molecule has 0 bridgehead atoms. The number of allylic oxidation sites excluding steroid dienone is 1. The zero-order valence-electron chi connectivity index (χ0n) is 7.14. The van der Waals surface area contributed by atoms with Gasteiger partial charge in [-0.05, 0) is 12.1 Å². The molecule has 0 N–H and O–H groups in total. The summed E-state index contributed by atoms with van der Waals surface area (Å²) in [6, 6.07) is 9.53. The normalized spacial score (nSPS) is 11.3. The predicted octanol–water partition coefficient (Wildman–Crippen LogP) is 2.92. The summed E-state index contributed by atoms with van der Waals surface area (Å²) in [5.41, 5.74) is 0.161. The van der Waals surface area contributed by atoms with Crippen molar-refractivity contribution in [2.75, 3.05) is 0 Å². The molecule has 1 aromatic rings. The minimum absolute atomic E-state index is 0.161. The molecule has 0 saturated carbocycles. The lowest BCUT2D eigenvalue weighted by molar-refractivity contribution is -0.424. The van der Waals surface area contributed by atoms with Crippen LogP contribution in [0.3, 0.4) is 0 Å². The minimum Gasteiger partial charge on any atom is -0.259 e. The Kier molecular flexibility index (Phi) is 3.52. The van der Waals surface area contributed by atoms with Crippen LogP contribution in [-0.4, -0.2) is 4.92 Å². The van der Waals surface area contributed by atoms with Gasteiger partial charge in [-0.25, -0.2) is 0 Å². The maximum absolute atomic E-state index is 10.2. The molecule has 68 valence electrons. The quantitative estimate of drug-likeness (QED) is 0.423. The summed E-state index contributed by atoms with van der Waals surface area (Å²) in [5, 5.41) is 11.8. The number of thioether (sulfide) groups is 1. The number of hydrogen-bond donors (Lipinski definition) is 0. The molecule has 0 fully saturated rings. The molecule has 1 aromatic carbocycles. The molecule has 0 aliphatic heterocycles. The predicted molar refractivity (Wildman–Crippen MR) is 53.1 cm³/mol. The van der Waals surface area contributed by atoms with Gasteiger partial charge in [-0.1, -0.05) is 30.0 Å². The van der Waals surface area contributed by atoms with Gasteiger partial charge in [0.2, 0.25) is 5.70 Å². The zero-order chi connectivity index (χ0) is 9.68. The Bertz CT molecular complexity index is 322. The van der Waals surface area contributed by atoms with Crippen LogP contribution in [0, 0.1) is 10.1 Å². The average Bonchev–Trinajstić information content (AvgIpc) is 2.15. The first kappa shape index (κ1) is 9.80. The molecule has 1 rings (SSSR count). The van der Waals surface area contributed by atoms with Crippen molar-refractivity contribution in [3.05, 3.63) is 51.6 Å². The van der Waals surface area contributed by atoms with Gasteiger partial charge in [0.05, 0.1) is 4.92 Å². The fourth-order valence-corrected chi connectivity index (χ4v) is 1.40. The van der Waals surface area contributed by atoms with E-state index in [-0.39, 0.29) is 5.70 Å². The Labute approximate surface area is 80.6 Å². The second-order valence-corrected chi connectivity index (χ2v) is 3.39. The number of rotatable bonds is 3. The molecule has 0 aliphatic rings. The molecule has 0 aliphatic carbocycles. The maximum atomic E-state index is 10.2. The Morgan fingerprint density at radius 3 is 2.62 bits per heavy atom. The average molecular weight is 195 g/mol. The van der Waals surface area contributed by atoms with E-state index in [1.54, 1.807) is 0 Å². The van der Waals surface area contributed by atoms with E-state index in [0.717, 1.165) is 4.90 Å². The SMILES string of the molecule is C/C(=C\Sc1ccccc1)[N+](=O)[O-]. The maximum Gasteiger partial charge on any atom is 0.249 e. The summed E-state index contributed by atoms with van der Waals surface area (Å²) in [4.78, 5) is 10.9. The van der Waals surface area contributed by atoms with Crippen molar-refractivity contribution in [2.45, 2.75) is 11.8 Å². The molecule has 0 unspecified atom stereocenters. The van der Waals surface area contributed by atoms with Crippen LogP contribution in [0.25, 0.3) is 0 Å². The summed E-state index contributed by atoms with van der Waals surface area (Å²) in [7, 11) is 0. The Morgan fingerprint density at radius 1 is 1.46 bits per heavy atom. The van der Waals surface area contributed by atoms with Gasteiger partial charge in [-0.3, -0.25) is 10.1 Å². The molecular formula is C9H9NO2S. The molecule has 3 nitrogen and oxygen atoms in total. The number of nitrogens with zero attached hydrogens (tertiary/aromatic N) is 1. The van der Waals surface area contributed by atoms with E-state index >= 15 is 0 Å². The largest absolute Gasteiger partial charge is 0.259 e. The Balaban J connectivity index is 2.62. The molecule has 0 heterocycles. The second-order valence-electron chi connectivity index (χ2n) is 2.45. The Hall–Kier alpha value is -1.29. The highest BCUT2D eigenvalue weighted by atomic mass is 32.2. The molecule has 4 heteroatoms. The fraction of sp³-hybridized carbons (Fsp3) is 0.111. The van der Waals surface area contributed by atoms with Crippen LogP contribution in [0.1, 0.15) is 6.92 Å². The second kappa shape index (κ2) is 4.67. The summed E-state index contributed by atoms with van der Waals surface area (Å²) in [6.07, 6.45) is 0. The monoisotopic (exact) mass is 195 g/mol. The van der Waals surface area contributed by atoms with Crippen molar-refractivity contribution in [3.63, 3.8) is 0 Å². The van der Waals surface area contributed by atoms with Gasteiger partial charge in [0.25, 0.3) is 0 Å². The van der Waals surface area contributed by atoms with Crippen LogP contribution in [0.4, 0.5) is 0 Å². The van der Waals surface area contributed by atoms with Crippen LogP contribution in [0.5, 0.6) is 0 Å². The van der Waals surface area contributed by atoms with Crippen molar-refractivity contribution in [2.24, 2.45) is 0 Å². The van der Waals surface area contributed by atoms with Crippen molar-refractivity contribution < 1.29 is 4.92 Å². The molecule has 13 heavy (non-hydrogen) atoms. The highest BCUT2D eigenvalue weighted by Crippen LogP contribution is 2.19. The topological polar surface area (TPSA) is 43.1 Å². The van der Waals surface area contributed by atoms with Gasteiger partial charge in [-0.2, -0.15) is 0 Å². The third-order valence-electron chi connectivity index (χ3n) is 1.40. The lowest BCUT2D eigenvalue weighted by Crippen LogP contribution is -1.91. The van der Waals surface area contributed by atoms with E-state index in [1.807, 2.05) is 30.3 Å². The van der Waals surface area contributed by atoms with Gasteiger partial charge in [-0.15, -0.1) is 0 Å². The van der Waals surface area contributed by atoms with Crippen LogP contribution >= 0.6 is 11.8 Å². The summed E-state index contributed by atoms with van der Waals surface area (Å²) in [6.45, 7) is 1.48. The summed E-state index contributed by atoms with van der Waals surface area (Å²) < 4.78 is 0. The lowest BCUT2D eigenvalue weighted by atomic mass is 10.4. The van der Waals surface area contributed by atoms with E-state index in [9.17, 15) is 10.1 Å². The number of nitro groups is 1.